The third kappa shape index (κ3) is 2.90. The largest absolute Gasteiger partial charge is 0.373 e. The minimum Gasteiger partial charge on any atom is -0.373 e. The molecular formula is C10H22OSi. The first-order chi connectivity index (χ1) is 5.55. The van der Waals surface area contributed by atoms with Gasteiger partial charge >= 0.3 is 0 Å². The summed E-state index contributed by atoms with van der Waals surface area (Å²) < 4.78 is 5.69. The van der Waals surface area contributed by atoms with Crippen molar-refractivity contribution in [1.82, 2.24) is 0 Å². The standard InChI is InChI=1S/C10H22OSi/c1-5-6-7-8-9-10(11-9)12(2,3)4/h9-10H,5-8H2,1-4H3/t9-,10-/m0/s1. The van der Waals surface area contributed by atoms with E-state index in [9.17, 15) is 0 Å². The van der Waals surface area contributed by atoms with Crippen LogP contribution in [0.15, 0.2) is 0 Å². The minimum atomic E-state index is -0.969. The first-order valence-corrected chi connectivity index (χ1v) is 8.79. The van der Waals surface area contributed by atoms with Crippen molar-refractivity contribution in [1.29, 1.82) is 0 Å². The number of hydrogen-bond acceptors (Lipinski definition) is 1. The summed E-state index contributed by atoms with van der Waals surface area (Å²) in [6.07, 6.45) is 6.01. The van der Waals surface area contributed by atoms with Gasteiger partial charge in [0.05, 0.1) is 19.9 Å². The highest BCUT2D eigenvalue weighted by Gasteiger charge is 2.47. The second-order valence-corrected chi connectivity index (χ2v) is 10.3. The van der Waals surface area contributed by atoms with Crippen LogP contribution in [-0.4, -0.2) is 19.9 Å². The van der Waals surface area contributed by atoms with Crippen LogP contribution in [0.3, 0.4) is 0 Å². The Hall–Kier alpha value is 0.177. The van der Waals surface area contributed by atoms with Crippen molar-refractivity contribution in [2.45, 2.75) is 64.1 Å². The molecule has 1 aliphatic rings. The summed E-state index contributed by atoms with van der Waals surface area (Å²) in [7, 11) is -0.969. The zero-order valence-electron chi connectivity index (χ0n) is 8.89. The van der Waals surface area contributed by atoms with Crippen LogP contribution in [0.1, 0.15) is 32.6 Å². The summed E-state index contributed by atoms with van der Waals surface area (Å²) in [5, 5.41) is 0. The zero-order chi connectivity index (χ0) is 9.19. The predicted molar refractivity (Wildman–Crippen MR) is 56.1 cm³/mol. The van der Waals surface area contributed by atoms with Crippen LogP contribution in [-0.2, 0) is 4.74 Å². The summed E-state index contributed by atoms with van der Waals surface area (Å²) in [6, 6.07) is 0. The van der Waals surface area contributed by atoms with Gasteiger partial charge in [0.15, 0.2) is 0 Å². The van der Waals surface area contributed by atoms with Crippen molar-refractivity contribution in [3.63, 3.8) is 0 Å². The molecule has 2 atom stereocenters. The second-order valence-electron chi connectivity index (χ2n) is 4.96. The van der Waals surface area contributed by atoms with Gasteiger partial charge in [0, 0.05) is 0 Å². The summed E-state index contributed by atoms with van der Waals surface area (Å²) in [5.74, 6) is 0. The molecule has 12 heavy (non-hydrogen) atoms. The zero-order valence-corrected chi connectivity index (χ0v) is 9.89. The van der Waals surface area contributed by atoms with Gasteiger partial charge in [-0.3, -0.25) is 0 Å². The summed E-state index contributed by atoms with van der Waals surface area (Å²) in [5.41, 5.74) is 0.675. The molecule has 0 aromatic heterocycles. The van der Waals surface area contributed by atoms with E-state index in [0.29, 0.717) is 11.8 Å². The number of hydrogen-bond donors (Lipinski definition) is 0. The average molecular weight is 186 g/mol. The summed E-state index contributed by atoms with van der Waals surface area (Å²) >= 11 is 0. The minimum absolute atomic E-state index is 0.642. The van der Waals surface area contributed by atoms with Crippen molar-refractivity contribution in [2.75, 3.05) is 0 Å². The quantitative estimate of drug-likeness (QED) is 0.365. The van der Waals surface area contributed by atoms with Crippen LogP contribution in [0.5, 0.6) is 0 Å². The van der Waals surface area contributed by atoms with Gasteiger partial charge in [-0.2, -0.15) is 0 Å². The Bertz CT molecular complexity index is 139. The smallest absolute Gasteiger partial charge is 0.0819 e. The number of epoxide rings is 1. The van der Waals surface area contributed by atoms with E-state index >= 15 is 0 Å². The fourth-order valence-electron chi connectivity index (χ4n) is 1.72. The maximum absolute atomic E-state index is 5.69. The lowest BCUT2D eigenvalue weighted by Gasteiger charge is -2.10. The van der Waals surface area contributed by atoms with Crippen molar-refractivity contribution in [3.8, 4) is 0 Å². The Kier molecular flexibility index (Phi) is 3.35. The SMILES string of the molecule is CCCCC[C@@H]1O[C@H]1[Si](C)(C)C. The fraction of sp³-hybridized carbons (Fsp3) is 1.00. The molecule has 0 bridgehead atoms. The lowest BCUT2D eigenvalue weighted by molar-refractivity contribution is 0.378. The molecule has 1 aliphatic heterocycles. The summed E-state index contributed by atoms with van der Waals surface area (Å²) in [4.78, 5) is 0. The van der Waals surface area contributed by atoms with E-state index in [1.54, 1.807) is 0 Å². The molecule has 1 heterocycles. The first-order valence-electron chi connectivity index (χ1n) is 5.21. The van der Waals surface area contributed by atoms with Crippen LogP contribution in [0, 0.1) is 0 Å². The molecule has 0 radical (unpaired) electrons. The molecule has 1 saturated heterocycles. The maximum atomic E-state index is 5.69. The van der Waals surface area contributed by atoms with E-state index in [1.165, 1.54) is 25.7 Å². The normalized spacial score (nSPS) is 29.0. The Balaban J connectivity index is 2.08. The van der Waals surface area contributed by atoms with E-state index in [2.05, 4.69) is 26.6 Å². The molecule has 0 unspecified atom stereocenters. The molecule has 0 spiro atoms. The van der Waals surface area contributed by atoms with Gasteiger partial charge in [-0.05, 0) is 6.42 Å². The predicted octanol–water partition coefficient (Wildman–Crippen LogP) is 3.21. The van der Waals surface area contributed by atoms with Gasteiger partial charge in [0.25, 0.3) is 0 Å². The van der Waals surface area contributed by atoms with Gasteiger partial charge in [-0.15, -0.1) is 0 Å². The Labute approximate surface area is 77.5 Å². The van der Waals surface area contributed by atoms with Crippen molar-refractivity contribution >= 4 is 8.07 Å². The van der Waals surface area contributed by atoms with Crippen LogP contribution in [0.2, 0.25) is 19.6 Å². The Morgan fingerprint density at radius 2 is 1.83 bits per heavy atom. The van der Waals surface area contributed by atoms with E-state index in [-0.39, 0.29) is 0 Å². The van der Waals surface area contributed by atoms with Crippen LogP contribution >= 0.6 is 0 Å². The monoisotopic (exact) mass is 186 g/mol. The molecule has 0 aromatic carbocycles. The molecule has 1 rings (SSSR count). The Morgan fingerprint density at radius 3 is 2.25 bits per heavy atom. The average Bonchev–Trinajstić information content (AvgIpc) is 2.66. The molecule has 0 aromatic rings. The maximum Gasteiger partial charge on any atom is 0.0819 e. The molecular weight excluding hydrogens is 164 g/mol. The van der Waals surface area contributed by atoms with Crippen molar-refractivity contribution in [3.05, 3.63) is 0 Å². The second kappa shape index (κ2) is 3.92. The van der Waals surface area contributed by atoms with Gasteiger partial charge < -0.3 is 4.74 Å². The van der Waals surface area contributed by atoms with Crippen LogP contribution < -0.4 is 0 Å². The molecule has 0 aliphatic carbocycles. The molecule has 1 fully saturated rings. The van der Waals surface area contributed by atoms with Gasteiger partial charge in [-0.1, -0.05) is 45.8 Å². The molecule has 0 saturated carbocycles. The van der Waals surface area contributed by atoms with E-state index in [1.807, 2.05) is 0 Å². The van der Waals surface area contributed by atoms with Crippen LogP contribution in [0.4, 0.5) is 0 Å². The third-order valence-electron chi connectivity index (χ3n) is 2.53. The Morgan fingerprint density at radius 1 is 1.17 bits per heavy atom. The van der Waals surface area contributed by atoms with Crippen molar-refractivity contribution < 1.29 is 4.74 Å². The molecule has 2 heteroatoms. The van der Waals surface area contributed by atoms with Crippen LogP contribution in [0.25, 0.3) is 0 Å². The lowest BCUT2D eigenvalue weighted by atomic mass is 10.2. The molecule has 0 amide bonds. The van der Waals surface area contributed by atoms with Gasteiger partial charge in [0.2, 0.25) is 0 Å². The van der Waals surface area contributed by atoms with E-state index in [4.69, 9.17) is 4.74 Å². The first kappa shape index (κ1) is 10.3. The number of ether oxygens (including phenoxy) is 1. The molecule has 1 nitrogen and oxygen atoms in total. The van der Waals surface area contributed by atoms with E-state index in [0.717, 1.165) is 0 Å². The number of rotatable bonds is 5. The molecule has 72 valence electrons. The van der Waals surface area contributed by atoms with Crippen molar-refractivity contribution in [2.24, 2.45) is 0 Å². The highest BCUT2D eigenvalue weighted by atomic mass is 28.3. The summed E-state index contributed by atoms with van der Waals surface area (Å²) in [6.45, 7) is 9.45. The highest BCUT2D eigenvalue weighted by molar-refractivity contribution is 6.78. The van der Waals surface area contributed by atoms with Gasteiger partial charge in [0.1, 0.15) is 0 Å². The fourth-order valence-corrected chi connectivity index (χ4v) is 3.58. The van der Waals surface area contributed by atoms with Gasteiger partial charge in [-0.25, -0.2) is 0 Å². The highest BCUT2D eigenvalue weighted by Crippen LogP contribution is 2.34. The van der Waals surface area contributed by atoms with E-state index < -0.39 is 8.07 Å². The third-order valence-corrected chi connectivity index (χ3v) is 4.74. The molecule has 0 N–H and O–H groups in total. The topological polar surface area (TPSA) is 12.5 Å². The lowest BCUT2D eigenvalue weighted by Crippen LogP contribution is -2.30. The number of unbranched alkanes of at least 4 members (excludes halogenated alkanes) is 2.